The molecule has 0 spiro atoms. The van der Waals surface area contributed by atoms with E-state index in [0.29, 0.717) is 23.5 Å². The smallest absolute Gasteiger partial charge is 0.417 e. The lowest BCUT2D eigenvalue weighted by atomic mass is 10.1. The van der Waals surface area contributed by atoms with E-state index in [2.05, 4.69) is 0 Å². The summed E-state index contributed by atoms with van der Waals surface area (Å²) in [5.41, 5.74) is -0.584. The molecule has 0 amide bonds. The Kier molecular flexibility index (Phi) is 5.43. The summed E-state index contributed by atoms with van der Waals surface area (Å²) in [5, 5.41) is 17.8. The number of alkyl halides is 3. The molecule has 0 bridgehead atoms. The molecule has 1 aliphatic heterocycles. The second-order valence-corrected chi connectivity index (χ2v) is 6.30. The summed E-state index contributed by atoms with van der Waals surface area (Å²) in [4.78, 5) is 1.69. The van der Waals surface area contributed by atoms with Crippen molar-refractivity contribution >= 4 is 5.69 Å². The molecule has 2 atom stereocenters. The van der Waals surface area contributed by atoms with Crippen LogP contribution < -0.4 is 9.64 Å². The number of hydrogen-bond donors (Lipinski definition) is 0. The maximum absolute atomic E-state index is 13.2. The molecule has 28 heavy (non-hydrogen) atoms. The molecule has 0 radical (unpaired) electrons. The molecule has 0 N–H and O–H groups in total. The van der Waals surface area contributed by atoms with Crippen molar-refractivity contribution in [1.82, 2.24) is 0 Å². The molecule has 0 aliphatic carbocycles. The number of hydrogen-bond acceptors (Lipinski definition) is 5. The van der Waals surface area contributed by atoms with Crippen molar-refractivity contribution in [3.8, 4) is 17.9 Å². The first-order valence-electron chi connectivity index (χ1n) is 8.48. The molecule has 144 valence electrons. The third kappa shape index (κ3) is 4.19. The molecule has 0 saturated carbocycles. The first-order chi connectivity index (χ1) is 13.3. The topological polar surface area (TPSA) is 69.3 Å². The van der Waals surface area contributed by atoms with Crippen molar-refractivity contribution in [2.75, 3.05) is 18.1 Å². The van der Waals surface area contributed by atoms with Gasteiger partial charge in [-0.05, 0) is 43.3 Å². The van der Waals surface area contributed by atoms with Gasteiger partial charge in [0.05, 0.1) is 35.4 Å². The lowest BCUT2D eigenvalue weighted by molar-refractivity contribution is -0.137. The number of anilines is 1. The highest BCUT2D eigenvalue weighted by Crippen LogP contribution is 2.36. The Morgan fingerprint density at radius 1 is 1.18 bits per heavy atom. The maximum atomic E-state index is 13.2. The van der Waals surface area contributed by atoms with E-state index in [1.165, 1.54) is 12.1 Å². The highest BCUT2D eigenvalue weighted by atomic mass is 19.4. The normalized spacial score (nSPS) is 19.1. The largest absolute Gasteiger partial charge is 0.491 e. The zero-order chi connectivity index (χ0) is 20.3. The molecule has 2 aromatic rings. The van der Waals surface area contributed by atoms with Gasteiger partial charge in [0.15, 0.2) is 0 Å². The monoisotopic (exact) mass is 387 g/mol. The van der Waals surface area contributed by atoms with Crippen LogP contribution in [-0.2, 0) is 10.9 Å². The quantitative estimate of drug-likeness (QED) is 0.791. The molecule has 8 heteroatoms. The first kappa shape index (κ1) is 19.5. The van der Waals surface area contributed by atoms with Gasteiger partial charge in [-0.2, -0.15) is 23.7 Å². The summed E-state index contributed by atoms with van der Waals surface area (Å²) in [5.74, 6) is 0.520. The van der Waals surface area contributed by atoms with Gasteiger partial charge in [-0.1, -0.05) is 6.07 Å². The minimum atomic E-state index is -4.61. The summed E-state index contributed by atoms with van der Waals surface area (Å²) in [6.45, 7) is 2.27. The van der Waals surface area contributed by atoms with Crippen molar-refractivity contribution in [1.29, 1.82) is 10.5 Å². The predicted molar refractivity (Wildman–Crippen MR) is 94.5 cm³/mol. The Morgan fingerprint density at radius 3 is 2.64 bits per heavy atom. The van der Waals surface area contributed by atoms with Crippen LogP contribution in [0.5, 0.6) is 5.75 Å². The van der Waals surface area contributed by atoms with Gasteiger partial charge in [-0.25, -0.2) is 0 Å². The number of rotatable bonds is 4. The van der Waals surface area contributed by atoms with E-state index in [4.69, 9.17) is 20.0 Å². The maximum Gasteiger partial charge on any atom is 0.417 e. The summed E-state index contributed by atoms with van der Waals surface area (Å²) < 4.78 is 51.0. The zero-order valence-electron chi connectivity index (χ0n) is 14.9. The molecular formula is C20H16F3N3O2. The van der Waals surface area contributed by atoms with Crippen molar-refractivity contribution in [2.45, 2.75) is 25.4 Å². The lowest BCUT2D eigenvalue weighted by Gasteiger charge is -2.23. The van der Waals surface area contributed by atoms with Crippen molar-refractivity contribution < 1.29 is 22.6 Å². The van der Waals surface area contributed by atoms with Gasteiger partial charge in [0.1, 0.15) is 24.7 Å². The Hall–Kier alpha value is -3.23. The number of nitrogens with zero attached hydrogens (tertiary/aromatic N) is 3. The minimum Gasteiger partial charge on any atom is -0.491 e. The second-order valence-electron chi connectivity index (χ2n) is 6.30. The fourth-order valence-electron chi connectivity index (χ4n) is 3.06. The van der Waals surface area contributed by atoms with E-state index in [9.17, 15) is 13.2 Å². The van der Waals surface area contributed by atoms with E-state index in [0.717, 1.165) is 6.07 Å². The van der Waals surface area contributed by atoms with E-state index >= 15 is 0 Å². The molecule has 0 aromatic heterocycles. The highest BCUT2D eigenvalue weighted by Gasteiger charge is 2.36. The van der Waals surface area contributed by atoms with Gasteiger partial charge in [-0.3, -0.25) is 0 Å². The molecule has 3 rings (SSSR count). The second kappa shape index (κ2) is 7.79. The van der Waals surface area contributed by atoms with Crippen molar-refractivity contribution in [2.24, 2.45) is 0 Å². The van der Waals surface area contributed by atoms with Gasteiger partial charge < -0.3 is 14.4 Å². The zero-order valence-corrected chi connectivity index (χ0v) is 14.9. The van der Waals surface area contributed by atoms with E-state index < -0.39 is 23.5 Å². The SMILES string of the molecule is C[C@H]1O[C@H](COc2cccc(C#N)c2)CN1c1ccc(C#N)c(C(F)(F)F)c1. The summed E-state index contributed by atoms with van der Waals surface area (Å²) in [7, 11) is 0. The van der Waals surface area contributed by atoms with Crippen LogP contribution in [0, 0.1) is 22.7 Å². The Bertz CT molecular complexity index is 947. The van der Waals surface area contributed by atoms with E-state index in [1.54, 1.807) is 42.2 Å². The molecule has 2 aromatic carbocycles. The van der Waals surface area contributed by atoms with Gasteiger partial charge in [0.2, 0.25) is 0 Å². The molecule has 1 heterocycles. The lowest BCUT2D eigenvalue weighted by Crippen LogP contribution is -2.28. The number of ether oxygens (including phenoxy) is 2. The van der Waals surface area contributed by atoms with Crippen LogP contribution in [0.15, 0.2) is 42.5 Å². The van der Waals surface area contributed by atoms with Crippen LogP contribution in [0.2, 0.25) is 0 Å². The van der Waals surface area contributed by atoms with Crippen molar-refractivity contribution in [3.05, 3.63) is 59.2 Å². The van der Waals surface area contributed by atoms with E-state index in [-0.39, 0.29) is 12.7 Å². The van der Waals surface area contributed by atoms with Crippen molar-refractivity contribution in [3.63, 3.8) is 0 Å². The van der Waals surface area contributed by atoms with Crippen LogP contribution in [-0.4, -0.2) is 25.5 Å². The van der Waals surface area contributed by atoms with E-state index in [1.807, 2.05) is 6.07 Å². The highest BCUT2D eigenvalue weighted by molar-refractivity contribution is 5.55. The average Bonchev–Trinajstić information content (AvgIpc) is 3.06. The Morgan fingerprint density at radius 2 is 1.96 bits per heavy atom. The fourth-order valence-corrected chi connectivity index (χ4v) is 3.06. The van der Waals surface area contributed by atoms with Gasteiger partial charge >= 0.3 is 6.18 Å². The number of benzene rings is 2. The van der Waals surface area contributed by atoms with Crippen LogP contribution in [0.4, 0.5) is 18.9 Å². The van der Waals surface area contributed by atoms with Crippen LogP contribution in [0.1, 0.15) is 23.6 Å². The third-order valence-corrected chi connectivity index (χ3v) is 4.39. The Labute approximate surface area is 160 Å². The molecule has 5 nitrogen and oxygen atoms in total. The Balaban J connectivity index is 1.72. The minimum absolute atomic E-state index is 0.193. The van der Waals surface area contributed by atoms with Gasteiger partial charge in [0.25, 0.3) is 0 Å². The van der Waals surface area contributed by atoms with Crippen LogP contribution in [0.3, 0.4) is 0 Å². The predicted octanol–water partition coefficient (Wildman–Crippen LogP) is 4.08. The summed E-state index contributed by atoms with van der Waals surface area (Å²) in [6, 6.07) is 13.9. The average molecular weight is 387 g/mol. The number of nitriles is 2. The fraction of sp³-hybridized carbons (Fsp3) is 0.300. The summed E-state index contributed by atoms with van der Waals surface area (Å²) in [6.07, 6.45) is -5.42. The molecule has 1 aliphatic rings. The molecule has 0 unspecified atom stereocenters. The first-order valence-corrected chi connectivity index (χ1v) is 8.48. The number of halogens is 3. The van der Waals surface area contributed by atoms with Crippen LogP contribution >= 0.6 is 0 Å². The van der Waals surface area contributed by atoms with Gasteiger partial charge in [0, 0.05) is 5.69 Å². The van der Waals surface area contributed by atoms with Crippen LogP contribution in [0.25, 0.3) is 0 Å². The summed E-state index contributed by atoms with van der Waals surface area (Å²) >= 11 is 0. The third-order valence-electron chi connectivity index (χ3n) is 4.39. The molecule has 1 saturated heterocycles. The molecular weight excluding hydrogens is 371 g/mol. The molecule has 1 fully saturated rings. The standard InChI is InChI=1S/C20H16F3N3O2/c1-13-26(16-6-5-15(10-25)19(8-16)20(21,22)23)11-18(28-13)12-27-17-4-2-3-14(7-17)9-24/h2-8,13,18H,11-12H2,1H3/t13-,18+/m1/s1. The van der Waals surface area contributed by atoms with Gasteiger partial charge in [-0.15, -0.1) is 0 Å².